The van der Waals surface area contributed by atoms with Gasteiger partial charge in [0.1, 0.15) is 11.8 Å². The van der Waals surface area contributed by atoms with E-state index in [4.69, 9.17) is 9.47 Å². The van der Waals surface area contributed by atoms with Crippen LogP contribution < -0.4 is 15.4 Å². The summed E-state index contributed by atoms with van der Waals surface area (Å²) in [5.41, 5.74) is 0.849. The molecule has 0 aliphatic carbocycles. The summed E-state index contributed by atoms with van der Waals surface area (Å²) < 4.78 is 57.7. The van der Waals surface area contributed by atoms with E-state index >= 15 is 0 Å². The first-order valence-corrected chi connectivity index (χ1v) is 11.3. The fourth-order valence-corrected chi connectivity index (χ4v) is 3.22. The zero-order valence-electron chi connectivity index (χ0n) is 18.2. The normalized spacial score (nSPS) is 12.3. The molecule has 2 amide bonds. The number of esters is 1. The number of anilines is 1. The van der Waals surface area contributed by atoms with Crippen LogP contribution in [-0.4, -0.2) is 51.7 Å². The molecule has 2 rings (SSSR count). The lowest BCUT2D eigenvalue weighted by Crippen LogP contribution is -2.39. The number of sulfone groups is 1. The molecule has 0 saturated heterocycles. The van der Waals surface area contributed by atoms with Crippen LogP contribution in [0.15, 0.2) is 59.5 Å². The molecule has 0 fully saturated rings. The van der Waals surface area contributed by atoms with Crippen LogP contribution in [0.1, 0.15) is 12.5 Å². The van der Waals surface area contributed by atoms with Gasteiger partial charge in [-0.3, -0.25) is 9.59 Å². The molecule has 0 aliphatic rings. The van der Waals surface area contributed by atoms with E-state index in [-0.39, 0.29) is 5.69 Å². The molecule has 9 nitrogen and oxygen atoms in total. The number of halogens is 2. The molecule has 0 aromatic heterocycles. The summed E-state index contributed by atoms with van der Waals surface area (Å²) in [6.45, 7) is 0.694. The highest BCUT2D eigenvalue weighted by molar-refractivity contribution is 7.91. The van der Waals surface area contributed by atoms with Crippen LogP contribution in [0.3, 0.4) is 0 Å². The summed E-state index contributed by atoms with van der Waals surface area (Å²) in [6.07, 6.45) is 2.77. The summed E-state index contributed by atoms with van der Waals surface area (Å²) in [6, 6.07) is 9.96. The molecule has 0 heterocycles. The van der Waals surface area contributed by atoms with E-state index in [1.165, 1.54) is 26.2 Å². The van der Waals surface area contributed by atoms with Crippen molar-refractivity contribution in [3.05, 3.63) is 60.2 Å². The number of alkyl halides is 2. The highest BCUT2D eigenvalue weighted by Crippen LogP contribution is 2.20. The van der Waals surface area contributed by atoms with E-state index in [1.54, 1.807) is 24.3 Å². The molecule has 0 aliphatic heterocycles. The first-order valence-electron chi connectivity index (χ1n) is 9.74. The van der Waals surface area contributed by atoms with Crippen LogP contribution in [0.5, 0.6) is 5.75 Å². The lowest BCUT2D eigenvalue weighted by molar-refractivity contribution is -0.149. The number of ether oxygens (including phenoxy) is 2. The minimum atomic E-state index is -4.75. The van der Waals surface area contributed by atoms with E-state index in [9.17, 15) is 31.6 Å². The second kappa shape index (κ2) is 11.9. The molecule has 0 bridgehead atoms. The van der Waals surface area contributed by atoms with E-state index in [0.29, 0.717) is 5.75 Å². The second-order valence-electron chi connectivity index (χ2n) is 6.82. The molecule has 0 unspecified atom stereocenters. The van der Waals surface area contributed by atoms with Crippen LogP contribution >= 0.6 is 0 Å². The van der Waals surface area contributed by atoms with Gasteiger partial charge >= 0.3 is 11.7 Å². The topological polar surface area (TPSA) is 128 Å². The molecular weight excluding hydrogens is 474 g/mol. The maximum atomic E-state index is 12.5. The quantitative estimate of drug-likeness (QED) is 0.382. The van der Waals surface area contributed by atoms with Gasteiger partial charge in [-0.15, -0.1) is 0 Å². The summed E-state index contributed by atoms with van der Waals surface area (Å²) in [4.78, 5) is 35.3. The standard InChI is InChI=1S/C22H22F2N2O7S/c1-14(25-19(27)12-5-15-3-8-17(32-2)9-4-15)21(29)33-13-20(28)26-16-6-10-18(11-7-16)34(30,31)22(23)24/h3-12,14,22H,13H2,1-2H3,(H,25,27)(H,26,28)/b12-5+/t14-/m0/s1. The number of amides is 2. The number of carbonyl (C=O) groups excluding carboxylic acids is 3. The molecule has 0 radical (unpaired) electrons. The van der Waals surface area contributed by atoms with Gasteiger partial charge in [-0.1, -0.05) is 12.1 Å². The number of methoxy groups -OCH3 is 1. The highest BCUT2D eigenvalue weighted by Gasteiger charge is 2.26. The maximum absolute atomic E-state index is 12.5. The molecule has 1 atom stereocenters. The Kier molecular flexibility index (Phi) is 9.25. The van der Waals surface area contributed by atoms with Crippen molar-refractivity contribution >= 4 is 39.4 Å². The molecule has 2 aromatic rings. The predicted molar refractivity (Wildman–Crippen MR) is 119 cm³/mol. The van der Waals surface area contributed by atoms with Gasteiger partial charge in [-0.25, -0.2) is 13.2 Å². The van der Waals surface area contributed by atoms with Crippen molar-refractivity contribution in [2.75, 3.05) is 19.0 Å². The van der Waals surface area contributed by atoms with Gasteiger partial charge in [0.25, 0.3) is 5.91 Å². The van der Waals surface area contributed by atoms with E-state index < -0.39 is 50.9 Å². The van der Waals surface area contributed by atoms with Gasteiger partial charge < -0.3 is 20.1 Å². The Morgan fingerprint density at radius 2 is 1.65 bits per heavy atom. The average Bonchev–Trinajstić information content (AvgIpc) is 2.81. The van der Waals surface area contributed by atoms with Crippen molar-refractivity contribution in [2.45, 2.75) is 23.6 Å². The van der Waals surface area contributed by atoms with Crippen molar-refractivity contribution in [3.8, 4) is 5.75 Å². The maximum Gasteiger partial charge on any atom is 0.341 e. The molecular formula is C22H22F2N2O7S. The zero-order chi connectivity index (χ0) is 25.3. The van der Waals surface area contributed by atoms with E-state index in [1.807, 2.05) is 0 Å². The molecule has 182 valence electrons. The van der Waals surface area contributed by atoms with Gasteiger partial charge in [0, 0.05) is 11.8 Å². The van der Waals surface area contributed by atoms with Gasteiger partial charge in [0.05, 0.1) is 12.0 Å². The largest absolute Gasteiger partial charge is 0.497 e. The smallest absolute Gasteiger partial charge is 0.341 e. The van der Waals surface area contributed by atoms with Crippen LogP contribution in [-0.2, 0) is 29.0 Å². The SMILES string of the molecule is COc1ccc(/C=C/C(=O)N[C@@H](C)C(=O)OCC(=O)Nc2ccc(S(=O)(=O)C(F)F)cc2)cc1. The minimum Gasteiger partial charge on any atom is -0.497 e. The first kappa shape index (κ1) is 26.5. The van der Waals surface area contributed by atoms with E-state index in [0.717, 1.165) is 29.8 Å². The molecule has 12 heteroatoms. The van der Waals surface area contributed by atoms with Crippen molar-refractivity contribution in [1.82, 2.24) is 5.32 Å². The molecule has 2 N–H and O–H groups in total. The molecule has 2 aromatic carbocycles. The van der Waals surface area contributed by atoms with Crippen molar-refractivity contribution in [3.63, 3.8) is 0 Å². The lowest BCUT2D eigenvalue weighted by atomic mass is 10.2. The number of nitrogens with one attached hydrogen (secondary N) is 2. The van der Waals surface area contributed by atoms with Crippen molar-refractivity contribution in [1.29, 1.82) is 0 Å². The van der Waals surface area contributed by atoms with E-state index in [2.05, 4.69) is 10.6 Å². The fraction of sp³-hybridized carbons (Fsp3) is 0.227. The summed E-state index contributed by atoms with van der Waals surface area (Å²) >= 11 is 0. The van der Waals surface area contributed by atoms with Crippen LogP contribution in [0, 0.1) is 0 Å². The number of benzene rings is 2. The van der Waals surface area contributed by atoms with Crippen LogP contribution in [0.2, 0.25) is 0 Å². The highest BCUT2D eigenvalue weighted by atomic mass is 32.2. The Balaban J connectivity index is 1.80. The molecule has 34 heavy (non-hydrogen) atoms. The second-order valence-corrected chi connectivity index (χ2v) is 8.74. The Labute approximate surface area is 194 Å². The summed E-state index contributed by atoms with van der Waals surface area (Å²) in [5, 5.41) is 4.73. The monoisotopic (exact) mass is 496 g/mol. The fourth-order valence-electron chi connectivity index (χ4n) is 2.50. The van der Waals surface area contributed by atoms with Crippen molar-refractivity contribution in [2.24, 2.45) is 0 Å². The third-order valence-electron chi connectivity index (χ3n) is 4.30. The Bertz CT molecular complexity index is 1150. The average molecular weight is 496 g/mol. The summed E-state index contributed by atoms with van der Waals surface area (Å²) in [7, 11) is -3.21. The van der Waals surface area contributed by atoms with Gasteiger partial charge in [-0.2, -0.15) is 8.78 Å². The van der Waals surface area contributed by atoms with Gasteiger partial charge in [0.15, 0.2) is 6.61 Å². The Morgan fingerprint density at radius 1 is 1.03 bits per heavy atom. The Morgan fingerprint density at radius 3 is 2.21 bits per heavy atom. The van der Waals surface area contributed by atoms with Crippen molar-refractivity contribution < 1.29 is 41.1 Å². The van der Waals surface area contributed by atoms with Crippen LogP contribution in [0.4, 0.5) is 14.5 Å². The summed E-state index contributed by atoms with van der Waals surface area (Å²) in [5.74, 6) is -5.06. The first-order chi connectivity index (χ1) is 16.0. The van der Waals surface area contributed by atoms with Gasteiger partial charge in [0.2, 0.25) is 15.7 Å². The van der Waals surface area contributed by atoms with Gasteiger partial charge in [-0.05, 0) is 55.0 Å². The third kappa shape index (κ3) is 7.66. The predicted octanol–water partition coefficient (Wildman–Crippen LogP) is 2.39. The number of hydrogen-bond acceptors (Lipinski definition) is 7. The number of hydrogen-bond donors (Lipinski definition) is 2. The minimum absolute atomic E-state index is 0.110. The molecule has 0 spiro atoms. The third-order valence-corrected chi connectivity index (χ3v) is 5.70. The number of rotatable bonds is 10. The Hall–Kier alpha value is -3.80. The lowest BCUT2D eigenvalue weighted by Gasteiger charge is -2.12. The van der Waals surface area contributed by atoms with Crippen LogP contribution in [0.25, 0.3) is 6.08 Å². The number of carbonyl (C=O) groups is 3. The zero-order valence-corrected chi connectivity index (χ0v) is 19.0. The molecule has 0 saturated carbocycles.